The molecule has 3 nitrogen and oxygen atoms in total. The summed E-state index contributed by atoms with van der Waals surface area (Å²) >= 11 is 7.67. The first-order chi connectivity index (χ1) is 9.61. The van der Waals surface area contributed by atoms with Crippen molar-refractivity contribution in [2.45, 2.75) is 32.4 Å². The van der Waals surface area contributed by atoms with Crippen LogP contribution in [0.25, 0.3) is 0 Å². The van der Waals surface area contributed by atoms with Gasteiger partial charge < -0.3 is 5.32 Å². The fraction of sp³-hybridized carbons (Fsp3) is 0.500. The molecule has 0 bridgehead atoms. The number of amides is 1. The number of carbonyl (C=O) groups excluding carboxylic acids is 1. The zero-order valence-corrected chi connectivity index (χ0v) is 12.9. The lowest BCUT2D eigenvalue weighted by molar-refractivity contribution is -0.125. The lowest BCUT2D eigenvalue weighted by Gasteiger charge is -2.32. The van der Waals surface area contributed by atoms with E-state index >= 15 is 0 Å². The van der Waals surface area contributed by atoms with Gasteiger partial charge in [-0.25, -0.2) is 8.70 Å². The van der Waals surface area contributed by atoms with Gasteiger partial charge in [-0.15, -0.1) is 0 Å². The highest BCUT2D eigenvalue weighted by Crippen LogP contribution is 2.25. The van der Waals surface area contributed by atoms with Gasteiger partial charge >= 0.3 is 0 Å². The highest BCUT2D eigenvalue weighted by Gasteiger charge is 2.28. The number of hydrogen-bond acceptors (Lipinski definition) is 3. The SMILES string of the molecule is CCN1SCCCC1C(=O)NCc1ccc(F)cc1Cl. The third kappa shape index (κ3) is 3.87. The summed E-state index contributed by atoms with van der Waals surface area (Å²) in [5, 5.41) is 3.24. The van der Waals surface area contributed by atoms with E-state index in [9.17, 15) is 9.18 Å². The van der Waals surface area contributed by atoms with Gasteiger partial charge in [0.05, 0.1) is 6.04 Å². The van der Waals surface area contributed by atoms with Crippen molar-refractivity contribution >= 4 is 29.5 Å². The van der Waals surface area contributed by atoms with Gasteiger partial charge in [-0.2, -0.15) is 0 Å². The maximum atomic E-state index is 13.0. The number of hydrogen-bond donors (Lipinski definition) is 1. The Hall–Kier alpha value is -0.780. The van der Waals surface area contributed by atoms with Crippen LogP contribution in [0.2, 0.25) is 5.02 Å². The molecular formula is C14H18ClFN2OS. The fourth-order valence-electron chi connectivity index (χ4n) is 2.23. The van der Waals surface area contributed by atoms with E-state index in [1.807, 2.05) is 0 Å². The van der Waals surface area contributed by atoms with Gasteiger partial charge in [0.2, 0.25) is 5.91 Å². The zero-order chi connectivity index (χ0) is 14.5. The van der Waals surface area contributed by atoms with Gasteiger partial charge in [-0.1, -0.05) is 36.5 Å². The summed E-state index contributed by atoms with van der Waals surface area (Å²) in [4.78, 5) is 12.2. The molecule has 2 rings (SSSR count). The Labute approximate surface area is 128 Å². The summed E-state index contributed by atoms with van der Waals surface area (Å²) in [6.07, 6.45) is 1.93. The summed E-state index contributed by atoms with van der Waals surface area (Å²) in [6, 6.07) is 4.13. The summed E-state index contributed by atoms with van der Waals surface area (Å²) in [5.41, 5.74) is 0.730. The first kappa shape index (κ1) is 15.6. The monoisotopic (exact) mass is 316 g/mol. The van der Waals surface area contributed by atoms with Crippen molar-refractivity contribution in [3.8, 4) is 0 Å². The van der Waals surface area contributed by atoms with Gasteiger partial charge in [-0.3, -0.25) is 4.79 Å². The lowest BCUT2D eigenvalue weighted by atomic mass is 10.1. The molecule has 20 heavy (non-hydrogen) atoms. The van der Waals surface area contributed by atoms with Crippen molar-refractivity contribution in [3.05, 3.63) is 34.6 Å². The second kappa shape index (κ2) is 7.29. The summed E-state index contributed by atoms with van der Waals surface area (Å²) in [5.74, 6) is 0.715. The van der Waals surface area contributed by atoms with Crippen LogP contribution in [0.15, 0.2) is 18.2 Å². The second-order valence-corrected chi connectivity index (χ2v) is 6.22. The van der Waals surface area contributed by atoms with Gasteiger partial charge in [0.1, 0.15) is 5.82 Å². The molecule has 1 aromatic carbocycles. The number of nitrogens with zero attached hydrogens (tertiary/aromatic N) is 1. The van der Waals surface area contributed by atoms with E-state index < -0.39 is 0 Å². The maximum absolute atomic E-state index is 13.0. The van der Waals surface area contributed by atoms with E-state index in [1.165, 1.54) is 12.1 Å². The van der Waals surface area contributed by atoms with E-state index in [0.29, 0.717) is 11.6 Å². The normalized spacial score (nSPS) is 19.9. The Balaban J connectivity index is 1.94. The van der Waals surface area contributed by atoms with Crippen LogP contribution in [0.4, 0.5) is 4.39 Å². The van der Waals surface area contributed by atoms with E-state index in [1.54, 1.807) is 18.0 Å². The highest BCUT2D eigenvalue weighted by atomic mass is 35.5. The minimum absolute atomic E-state index is 0.0134. The highest BCUT2D eigenvalue weighted by molar-refractivity contribution is 7.97. The first-order valence-electron chi connectivity index (χ1n) is 6.73. The number of benzene rings is 1. The number of carbonyl (C=O) groups is 1. The molecule has 1 N–H and O–H groups in total. The van der Waals surface area contributed by atoms with Gasteiger partial charge in [-0.05, 0) is 30.5 Å². The largest absolute Gasteiger partial charge is 0.351 e. The van der Waals surface area contributed by atoms with Crippen LogP contribution in [0.1, 0.15) is 25.3 Å². The predicted molar refractivity (Wildman–Crippen MR) is 81.1 cm³/mol. The first-order valence-corrected chi connectivity index (χ1v) is 8.05. The Morgan fingerprint density at radius 2 is 2.40 bits per heavy atom. The standard InChI is InChI=1S/C14H18ClFN2OS/c1-2-18-13(4-3-7-20-18)14(19)17-9-10-5-6-11(16)8-12(10)15/h5-6,8,13H,2-4,7,9H2,1H3,(H,17,19). The smallest absolute Gasteiger partial charge is 0.238 e. The molecule has 110 valence electrons. The Morgan fingerprint density at radius 1 is 1.60 bits per heavy atom. The molecule has 1 fully saturated rings. The number of halogens is 2. The number of rotatable bonds is 4. The van der Waals surface area contributed by atoms with Crippen LogP contribution in [0.5, 0.6) is 0 Å². The van der Waals surface area contributed by atoms with Crippen LogP contribution >= 0.6 is 23.5 Å². The van der Waals surface area contributed by atoms with Crippen LogP contribution in [-0.4, -0.2) is 28.6 Å². The molecule has 1 saturated heterocycles. The van der Waals surface area contributed by atoms with Crippen LogP contribution in [0, 0.1) is 5.82 Å². The van der Waals surface area contributed by atoms with Crippen molar-refractivity contribution in [2.24, 2.45) is 0 Å². The summed E-state index contributed by atoms with van der Waals surface area (Å²) in [6.45, 7) is 3.23. The third-order valence-electron chi connectivity index (χ3n) is 3.31. The topological polar surface area (TPSA) is 32.3 Å². The third-order valence-corrected chi connectivity index (χ3v) is 4.98. The minimum Gasteiger partial charge on any atom is -0.351 e. The molecule has 0 aliphatic carbocycles. The van der Waals surface area contributed by atoms with Gasteiger partial charge in [0.25, 0.3) is 0 Å². The number of nitrogens with one attached hydrogen (secondary N) is 1. The molecule has 1 aliphatic rings. The average Bonchev–Trinajstić information content (AvgIpc) is 2.46. The van der Waals surface area contributed by atoms with Crippen molar-refractivity contribution in [1.29, 1.82) is 0 Å². The number of likely N-dealkylation sites (N-methyl/N-ethyl adjacent to an activating group) is 1. The van der Waals surface area contributed by atoms with Gasteiger partial charge in [0, 0.05) is 23.9 Å². The molecule has 1 unspecified atom stereocenters. The van der Waals surface area contributed by atoms with E-state index in [0.717, 1.165) is 30.7 Å². The zero-order valence-electron chi connectivity index (χ0n) is 11.4. The Kier molecular flexibility index (Phi) is 5.69. The van der Waals surface area contributed by atoms with Crippen LogP contribution < -0.4 is 5.32 Å². The maximum Gasteiger partial charge on any atom is 0.238 e. The van der Waals surface area contributed by atoms with E-state index in [2.05, 4.69) is 16.5 Å². The Bertz CT molecular complexity index is 486. The van der Waals surface area contributed by atoms with E-state index in [-0.39, 0.29) is 17.8 Å². The summed E-state index contributed by atoms with van der Waals surface area (Å²) in [7, 11) is 0. The molecule has 0 aromatic heterocycles. The molecule has 1 aromatic rings. The lowest BCUT2D eigenvalue weighted by Crippen LogP contribution is -2.45. The molecule has 0 spiro atoms. The van der Waals surface area contributed by atoms with Gasteiger partial charge in [0.15, 0.2) is 0 Å². The second-order valence-electron chi connectivity index (χ2n) is 4.68. The van der Waals surface area contributed by atoms with Crippen LogP contribution in [0.3, 0.4) is 0 Å². The molecule has 0 radical (unpaired) electrons. The predicted octanol–water partition coefficient (Wildman–Crippen LogP) is 3.23. The molecule has 1 heterocycles. The Morgan fingerprint density at radius 3 is 3.10 bits per heavy atom. The van der Waals surface area contributed by atoms with Crippen molar-refractivity contribution in [3.63, 3.8) is 0 Å². The average molecular weight is 317 g/mol. The molecule has 1 aliphatic heterocycles. The molecule has 1 amide bonds. The molecule has 0 saturated carbocycles. The molecule has 1 atom stereocenters. The van der Waals surface area contributed by atoms with Crippen molar-refractivity contribution in [2.75, 3.05) is 12.3 Å². The quantitative estimate of drug-likeness (QED) is 0.866. The minimum atomic E-state index is -0.370. The van der Waals surface area contributed by atoms with E-state index in [4.69, 9.17) is 11.6 Å². The summed E-state index contributed by atoms with van der Waals surface area (Å²) < 4.78 is 15.1. The van der Waals surface area contributed by atoms with Crippen molar-refractivity contribution < 1.29 is 9.18 Å². The molecular weight excluding hydrogens is 299 g/mol. The van der Waals surface area contributed by atoms with Crippen LogP contribution in [-0.2, 0) is 11.3 Å². The fourth-order valence-corrected chi connectivity index (χ4v) is 3.56. The van der Waals surface area contributed by atoms with Crippen molar-refractivity contribution in [1.82, 2.24) is 9.62 Å². The molecule has 6 heteroatoms.